The number of allylic oxidation sites excluding steroid dienone is 1. The first kappa shape index (κ1) is 17.9. The molecule has 0 unspecified atom stereocenters. The Hall–Kier alpha value is -2.93. The third-order valence-corrected chi connectivity index (χ3v) is 5.08. The molecule has 0 N–H and O–H groups in total. The number of ketones is 1. The highest BCUT2D eigenvalue weighted by Gasteiger charge is 2.31. The molecule has 0 bridgehead atoms. The summed E-state index contributed by atoms with van der Waals surface area (Å²) in [5.74, 6) is 0.702. The van der Waals surface area contributed by atoms with Gasteiger partial charge in [0.25, 0.3) is 5.69 Å². The molecule has 2 aromatic rings. The number of benzene rings is 1. The zero-order valence-corrected chi connectivity index (χ0v) is 15.9. The van der Waals surface area contributed by atoms with Gasteiger partial charge in [0.2, 0.25) is 5.78 Å². The van der Waals surface area contributed by atoms with Crippen molar-refractivity contribution in [1.82, 2.24) is 4.90 Å². The van der Waals surface area contributed by atoms with Crippen molar-refractivity contribution in [1.29, 1.82) is 0 Å². The van der Waals surface area contributed by atoms with E-state index in [0.29, 0.717) is 23.4 Å². The number of hydrogen-bond acceptors (Lipinski definition) is 5. The van der Waals surface area contributed by atoms with Crippen LogP contribution in [0, 0.1) is 10.1 Å². The number of nitro benzene ring substituents is 1. The van der Waals surface area contributed by atoms with E-state index in [9.17, 15) is 14.9 Å². The lowest BCUT2D eigenvalue weighted by atomic mass is 10.0. The molecule has 0 atom stereocenters. The van der Waals surface area contributed by atoms with Gasteiger partial charge in [-0.3, -0.25) is 14.9 Å². The van der Waals surface area contributed by atoms with Crippen LogP contribution >= 0.6 is 0 Å². The van der Waals surface area contributed by atoms with Gasteiger partial charge in [-0.2, -0.15) is 0 Å². The lowest BCUT2D eigenvalue weighted by Gasteiger charge is -2.19. The molecule has 0 radical (unpaired) electrons. The molecule has 3 rings (SSSR count). The maximum atomic E-state index is 13.0. The minimum atomic E-state index is -1.64. The van der Waals surface area contributed by atoms with Gasteiger partial charge in [0.15, 0.2) is 0 Å². The Balaban J connectivity index is 1.98. The van der Waals surface area contributed by atoms with Gasteiger partial charge in [-0.05, 0) is 29.8 Å². The fourth-order valence-electron chi connectivity index (χ4n) is 2.78. The number of nitro groups is 1. The molecular formula is C19H20N2O4Si. The van der Waals surface area contributed by atoms with Crippen molar-refractivity contribution in [2.75, 3.05) is 0 Å². The third kappa shape index (κ3) is 3.83. The Morgan fingerprint density at radius 2 is 1.88 bits per heavy atom. The second-order valence-corrected chi connectivity index (χ2v) is 12.3. The van der Waals surface area contributed by atoms with Crippen LogP contribution in [-0.4, -0.2) is 23.7 Å². The third-order valence-electron chi connectivity index (χ3n) is 3.94. The quantitative estimate of drug-likeness (QED) is 0.339. The van der Waals surface area contributed by atoms with E-state index < -0.39 is 13.0 Å². The van der Waals surface area contributed by atoms with Gasteiger partial charge >= 0.3 is 0 Å². The van der Waals surface area contributed by atoms with Gasteiger partial charge < -0.3 is 9.32 Å². The number of carbonyl (C=O) groups is 1. The van der Waals surface area contributed by atoms with Crippen molar-refractivity contribution < 1.29 is 14.1 Å². The summed E-state index contributed by atoms with van der Waals surface area (Å²) in [7, 11) is -1.64. The molecule has 1 aromatic carbocycles. The molecule has 0 amide bonds. The van der Waals surface area contributed by atoms with Crippen LogP contribution in [0.5, 0.6) is 0 Å². The van der Waals surface area contributed by atoms with Crippen LogP contribution in [0.25, 0.3) is 5.57 Å². The summed E-state index contributed by atoms with van der Waals surface area (Å²) in [5.41, 5.74) is 3.94. The van der Waals surface area contributed by atoms with E-state index in [0.717, 1.165) is 5.76 Å². The van der Waals surface area contributed by atoms with E-state index >= 15 is 0 Å². The Bertz CT molecular complexity index is 891. The molecule has 0 fully saturated rings. The smallest absolute Gasteiger partial charge is 0.269 e. The Kier molecular flexibility index (Phi) is 4.65. The predicted molar refractivity (Wildman–Crippen MR) is 102 cm³/mol. The van der Waals surface area contributed by atoms with E-state index in [1.54, 1.807) is 24.6 Å². The topological polar surface area (TPSA) is 76.6 Å². The molecule has 0 aliphatic carbocycles. The summed E-state index contributed by atoms with van der Waals surface area (Å²) >= 11 is 0. The first-order chi connectivity index (χ1) is 12.2. The van der Waals surface area contributed by atoms with E-state index in [4.69, 9.17) is 4.42 Å². The number of carbonyl (C=O) groups excluding carboxylic acids is 1. The summed E-state index contributed by atoms with van der Waals surface area (Å²) in [6, 6.07) is 9.75. The van der Waals surface area contributed by atoms with Crippen LogP contribution in [0.2, 0.25) is 19.6 Å². The Labute approximate surface area is 152 Å². The van der Waals surface area contributed by atoms with Crippen molar-refractivity contribution in [3.63, 3.8) is 0 Å². The maximum Gasteiger partial charge on any atom is 0.269 e. The van der Waals surface area contributed by atoms with Crippen LogP contribution in [0.15, 0.2) is 64.7 Å². The standard InChI is InChI=1S/C19H20N2O4Si/c1-26(2,3)13-18-19(22)17(12-20(18)11-16-5-4-10-25-16)14-6-8-15(9-7-14)21(23)24/h4-10,12-13H,11H2,1-3H3/b18-13+. The molecule has 134 valence electrons. The fraction of sp³-hybridized carbons (Fsp3) is 0.211. The van der Waals surface area contributed by atoms with E-state index in [1.165, 1.54) is 12.1 Å². The first-order valence-electron chi connectivity index (χ1n) is 8.28. The molecule has 1 aliphatic rings. The summed E-state index contributed by atoms with van der Waals surface area (Å²) in [6.45, 7) is 6.97. The Morgan fingerprint density at radius 3 is 2.42 bits per heavy atom. The number of nitrogens with zero attached hydrogens (tertiary/aromatic N) is 2. The van der Waals surface area contributed by atoms with Crippen LogP contribution in [0.4, 0.5) is 5.69 Å². The molecule has 0 spiro atoms. The van der Waals surface area contributed by atoms with Gasteiger partial charge in [0.05, 0.1) is 31.5 Å². The van der Waals surface area contributed by atoms with E-state index in [2.05, 4.69) is 25.3 Å². The van der Waals surface area contributed by atoms with Crippen molar-refractivity contribution in [3.05, 3.63) is 81.7 Å². The van der Waals surface area contributed by atoms with Crippen LogP contribution in [-0.2, 0) is 11.3 Å². The zero-order chi connectivity index (χ0) is 18.9. The largest absolute Gasteiger partial charge is 0.467 e. The summed E-state index contributed by atoms with van der Waals surface area (Å²) in [6.07, 6.45) is 3.41. The van der Waals surface area contributed by atoms with Gasteiger partial charge in [0.1, 0.15) is 5.76 Å². The second-order valence-electron chi connectivity index (χ2n) is 7.28. The number of Topliss-reactive ketones (excluding diaryl/α,β-unsaturated/α-hetero) is 1. The molecule has 6 nitrogen and oxygen atoms in total. The highest BCUT2D eigenvalue weighted by Crippen LogP contribution is 2.32. The molecule has 1 aliphatic heterocycles. The van der Waals surface area contributed by atoms with E-state index in [1.807, 2.05) is 17.0 Å². The van der Waals surface area contributed by atoms with Crippen molar-refractivity contribution in [3.8, 4) is 0 Å². The molecular weight excluding hydrogens is 348 g/mol. The summed E-state index contributed by atoms with van der Waals surface area (Å²) < 4.78 is 5.42. The van der Waals surface area contributed by atoms with Crippen LogP contribution in [0.3, 0.4) is 0 Å². The average molecular weight is 368 g/mol. The summed E-state index contributed by atoms with van der Waals surface area (Å²) in [4.78, 5) is 25.3. The number of furan rings is 1. The first-order valence-corrected chi connectivity index (χ1v) is 11.9. The number of non-ortho nitro benzene ring substituents is 1. The van der Waals surface area contributed by atoms with Crippen molar-refractivity contribution in [2.24, 2.45) is 0 Å². The van der Waals surface area contributed by atoms with Gasteiger partial charge in [-0.1, -0.05) is 25.3 Å². The number of hydrogen-bond donors (Lipinski definition) is 0. The van der Waals surface area contributed by atoms with Gasteiger partial charge in [0, 0.05) is 23.9 Å². The minimum Gasteiger partial charge on any atom is -0.467 e. The van der Waals surface area contributed by atoms with Crippen LogP contribution < -0.4 is 0 Å². The molecule has 0 saturated carbocycles. The van der Waals surface area contributed by atoms with Crippen molar-refractivity contribution in [2.45, 2.75) is 26.2 Å². The van der Waals surface area contributed by atoms with Crippen molar-refractivity contribution >= 4 is 25.1 Å². The highest BCUT2D eigenvalue weighted by atomic mass is 28.3. The fourth-order valence-corrected chi connectivity index (χ4v) is 3.90. The zero-order valence-electron chi connectivity index (χ0n) is 14.9. The lowest BCUT2D eigenvalue weighted by Crippen LogP contribution is -2.24. The Morgan fingerprint density at radius 1 is 1.19 bits per heavy atom. The molecule has 2 heterocycles. The molecule has 0 saturated heterocycles. The molecule has 26 heavy (non-hydrogen) atoms. The highest BCUT2D eigenvalue weighted by molar-refractivity contribution is 6.81. The molecule has 1 aromatic heterocycles. The minimum absolute atomic E-state index is 0.00472. The normalized spacial score (nSPS) is 16.3. The summed E-state index contributed by atoms with van der Waals surface area (Å²) in [5, 5.41) is 10.8. The lowest BCUT2D eigenvalue weighted by molar-refractivity contribution is -0.384. The van der Waals surface area contributed by atoms with Gasteiger partial charge in [-0.15, -0.1) is 0 Å². The molecule has 7 heteroatoms. The van der Waals surface area contributed by atoms with Gasteiger partial charge in [-0.25, -0.2) is 0 Å². The maximum absolute atomic E-state index is 13.0. The second kappa shape index (κ2) is 6.76. The van der Waals surface area contributed by atoms with Crippen LogP contribution in [0.1, 0.15) is 11.3 Å². The van der Waals surface area contributed by atoms with E-state index in [-0.39, 0.29) is 11.5 Å². The predicted octanol–water partition coefficient (Wildman–Crippen LogP) is 4.37. The SMILES string of the molecule is C[Si](C)(C)/C=C1\C(=O)C(c2ccc([N+](=O)[O-])cc2)=CN1Cc1ccco1. The number of rotatable bonds is 5. The average Bonchev–Trinajstić information content (AvgIpc) is 3.17. The monoisotopic (exact) mass is 368 g/mol.